The van der Waals surface area contributed by atoms with E-state index in [1.54, 1.807) is 24.3 Å². The zero-order chi connectivity index (χ0) is 21.4. The van der Waals surface area contributed by atoms with Crippen molar-refractivity contribution in [2.45, 2.75) is 25.3 Å². The molecule has 0 aliphatic carbocycles. The number of benzene rings is 1. The first-order chi connectivity index (χ1) is 15.1. The quantitative estimate of drug-likeness (QED) is 0.682. The van der Waals surface area contributed by atoms with Gasteiger partial charge < -0.3 is 20.3 Å². The molecule has 0 atom stereocenters. The van der Waals surface area contributed by atoms with Crippen LogP contribution < -0.4 is 15.5 Å². The number of imidazole rings is 1. The summed E-state index contributed by atoms with van der Waals surface area (Å²) in [5.74, 6) is 1.31. The summed E-state index contributed by atoms with van der Waals surface area (Å²) in [7, 11) is 0. The van der Waals surface area contributed by atoms with Crippen molar-refractivity contribution in [1.29, 1.82) is 0 Å². The summed E-state index contributed by atoms with van der Waals surface area (Å²) < 4.78 is 34.8. The number of hydrogen-bond donors (Lipinski definition) is 1. The number of para-hydroxylation sites is 2. The Morgan fingerprint density at radius 3 is 2.39 bits per heavy atom. The fraction of sp³-hybridized carbons (Fsp3) is 0.476. The molecule has 10 heteroatoms. The van der Waals surface area contributed by atoms with Gasteiger partial charge in [-0.1, -0.05) is 12.1 Å². The smallest absolute Gasteiger partial charge is 0.296 e. The van der Waals surface area contributed by atoms with E-state index in [1.165, 1.54) is 4.57 Å². The second-order valence-electron chi connectivity index (χ2n) is 7.90. The standard InChI is InChI=1S/C21H25F2N7O/c22-19(23)20-25-15-3-1-2-4-16(15)30(20)18-13-17(28-9-11-31-12-10-28)26-21(27-18)29-7-5-14(24)6-8-29/h1-4,13-14,19H,5-12,24H2. The van der Waals surface area contributed by atoms with Crippen molar-refractivity contribution in [2.75, 3.05) is 49.2 Å². The van der Waals surface area contributed by atoms with E-state index in [-0.39, 0.29) is 11.9 Å². The number of piperidine rings is 1. The maximum absolute atomic E-state index is 13.9. The molecule has 2 N–H and O–H groups in total. The highest BCUT2D eigenvalue weighted by Gasteiger charge is 2.25. The minimum absolute atomic E-state index is 0.168. The first-order valence-corrected chi connectivity index (χ1v) is 10.6. The van der Waals surface area contributed by atoms with Gasteiger partial charge in [0, 0.05) is 38.3 Å². The molecule has 2 fully saturated rings. The molecule has 5 rings (SSSR count). The molecule has 3 aromatic rings. The van der Waals surface area contributed by atoms with Crippen molar-refractivity contribution in [3.05, 3.63) is 36.2 Å². The third-order valence-corrected chi connectivity index (χ3v) is 5.86. The van der Waals surface area contributed by atoms with Crippen LogP contribution in [-0.2, 0) is 4.74 Å². The van der Waals surface area contributed by atoms with Crippen LogP contribution in [0.15, 0.2) is 30.3 Å². The predicted octanol–water partition coefficient (Wildman–Crippen LogP) is 2.52. The Bertz CT molecular complexity index is 1060. The minimum atomic E-state index is -2.73. The van der Waals surface area contributed by atoms with E-state index in [0.717, 1.165) is 25.9 Å². The average Bonchev–Trinajstić information content (AvgIpc) is 3.20. The summed E-state index contributed by atoms with van der Waals surface area (Å²) in [6, 6.07) is 9.05. The molecule has 0 saturated carbocycles. The number of morpholine rings is 1. The first-order valence-electron chi connectivity index (χ1n) is 10.6. The number of fused-ring (bicyclic) bond motifs is 1. The SMILES string of the molecule is NC1CCN(c2nc(N3CCOCC3)cc(-n3c(C(F)F)nc4ccccc43)n2)CC1. The third-order valence-electron chi connectivity index (χ3n) is 5.86. The Morgan fingerprint density at radius 2 is 1.65 bits per heavy atom. The van der Waals surface area contributed by atoms with Crippen LogP contribution in [0.25, 0.3) is 16.9 Å². The molecule has 4 heterocycles. The van der Waals surface area contributed by atoms with Gasteiger partial charge in [0.2, 0.25) is 5.95 Å². The van der Waals surface area contributed by atoms with Gasteiger partial charge in [-0.25, -0.2) is 13.8 Å². The van der Waals surface area contributed by atoms with Gasteiger partial charge in [0.05, 0.1) is 24.2 Å². The van der Waals surface area contributed by atoms with Crippen molar-refractivity contribution in [3.8, 4) is 5.82 Å². The van der Waals surface area contributed by atoms with Gasteiger partial charge in [0.1, 0.15) is 11.6 Å². The second-order valence-corrected chi connectivity index (χ2v) is 7.90. The molecule has 0 unspecified atom stereocenters. The highest BCUT2D eigenvalue weighted by Crippen LogP contribution is 2.30. The summed E-state index contributed by atoms with van der Waals surface area (Å²) in [6.45, 7) is 4.05. The van der Waals surface area contributed by atoms with Crippen LogP contribution in [0.4, 0.5) is 20.5 Å². The predicted molar refractivity (Wildman–Crippen MR) is 114 cm³/mol. The second kappa shape index (κ2) is 8.35. The molecular formula is C21H25F2N7O. The maximum atomic E-state index is 13.9. The monoisotopic (exact) mass is 429 g/mol. The van der Waals surface area contributed by atoms with E-state index in [2.05, 4.69) is 14.8 Å². The molecule has 2 aliphatic heterocycles. The van der Waals surface area contributed by atoms with Gasteiger partial charge in [-0.05, 0) is 25.0 Å². The molecule has 0 radical (unpaired) electrons. The number of hydrogen-bond acceptors (Lipinski definition) is 7. The summed E-state index contributed by atoms with van der Waals surface area (Å²) in [6.07, 6.45) is -1.04. The van der Waals surface area contributed by atoms with Crippen molar-refractivity contribution in [2.24, 2.45) is 5.73 Å². The molecular weight excluding hydrogens is 404 g/mol. The number of aromatic nitrogens is 4. The lowest BCUT2D eigenvalue weighted by molar-refractivity contribution is 0.122. The third kappa shape index (κ3) is 3.92. The molecule has 2 saturated heterocycles. The molecule has 2 aliphatic rings. The van der Waals surface area contributed by atoms with Crippen LogP contribution in [0, 0.1) is 0 Å². The lowest BCUT2D eigenvalue weighted by Crippen LogP contribution is -2.41. The zero-order valence-electron chi connectivity index (χ0n) is 17.1. The number of nitrogens with two attached hydrogens (primary N) is 1. The van der Waals surface area contributed by atoms with E-state index in [1.807, 2.05) is 6.07 Å². The lowest BCUT2D eigenvalue weighted by Gasteiger charge is -2.32. The van der Waals surface area contributed by atoms with Crippen LogP contribution in [-0.4, -0.2) is 65.0 Å². The summed E-state index contributed by atoms with van der Waals surface area (Å²) in [4.78, 5) is 17.9. The van der Waals surface area contributed by atoms with Crippen molar-refractivity contribution in [1.82, 2.24) is 19.5 Å². The van der Waals surface area contributed by atoms with Crippen molar-refractivity contribution in [3.63, 3.8) is 0 Å². The zero-order valence-corrected chi connectivity index (χ0v) is 17.1. The van der Waals surface area contributed by atoms with Gasteiger partial charge in [0.15, 0.2) is 5.82 Å². The summed E-state index contributed by atoms with van der Waals surface area (Å²) in [5, 5.41) is 0. The first kappa shape index (κ1) is 20.1. The number of rotatable bonds is 4. The van der Waals surface area contributed by atoms with Gasteiger partial charge in [-0.3, -0.25) is 4.57 Å². The molecule has 2 aromatic heterocycles. The molecule has 0 bridgehead atoms. The van der Waals surface area contributed by atoms with Crippen LogP contribution in [0.1, 0.15) is 25.1 Å². The Balaban J connectivity index is 1.65. The average molecular weight is 429 g/mol. The van der Waals surface area contributed by atoms with E-state index >= 15 is 0 Å². The van der Waals surface area contributed by atoms with Crippen LogP contribution in [0.5, 0.6) is 0 Å². The Morgan fingerprint density at radius 1 is 0.935 bits per heavy atom. The lowest BCUT2D eigenvalue weighted by atomic mass is 10.1. The Hall–Kier alpha value is -2.85. The topological polar surface area (TPSA) is 85.3 Å². The van der Waals surface area contributed by atoms with E-state index < -0.39 is 6.43 Å². The fourth-order valence-corrected chi connectivity index (χ4v) is 4.15. The van der Waals surface area contributed by atoms with Crippen molar-refractivity contribution >= 4 is 22.8 Å². The number of anilines is 2. The number of halogens is 2. The molecule has 0 spiro atoms. The largest absolute Gasteiger partial charge is 0.378 e. The van der Waals surface area contributed by atoms with Crippen molar-refractivity contribution < 1.29 is 13.5 Å². The van der Waals surface area contributed by atoms with Crippen LogP contribution in [0.3, 0.4) is 0 Å². The van der Waals surface area contributed by atoms with Gasteiger partial charge in [-0.15, -0.1) is 0 Å². The molecule has 31 heavy (non-hydrogen) atoms. The number of ether oxygens (including phenoxy) is 1. The van der Waals surface area contributed by atoms with Crippen LogP contribution in [0.2, 0.25) is 0 Å². The van der Waals surface area contributed by atoms with Gasteiger partial charge >= 0.3 is 0 Å². The number of alkyl halides is 2. The highest BCUT2D eigenvalue weighted by atomic mass is 19.3. The highest BCUT2D eigenvalue weighted by molar-refractivity contribution is 5.78. The summed E-state index contributed by atoms with van der Waals surface area (Å²) in [5.41, 5.74) is 7.16. The molecule has 1 aromatic carbocycles. The normalized spacial score (nSPS) is 18.3. The molecule has 164 valence electrons. The number of nitrogens with zero attached hydrogens (tertiary/aromatic N) is 6. The van der Waals surface area contributed by atoms with E-state index in [9.17, 15) is 8.78 Å². The van der Waals surface area contributed by atoms with E-state index in [0.29, 0.717) is 54.9 Å². The van der Waals surface area contributed by atoms with E-state index in [4.69, 9.17) is 20.4 Å². The Kier molecular flexibility index (Phi) is 5.41. The fourth-order valence-electron chi connectivity index (χ4n) is 4.15. The van der Waals surface area contributed by atoms with Gasteiger partial charge in [0.25, 0.3) is 6.43 Å². The maximum Gasteiger partial charge on any atom is 0.296 e. The Labute approximate surface area is 178 Å². The minimum Gasteiger partial charge on any atom is -0.378 e. The van der Waals surface area contributed by atoms with Crippen LogP contribution >= 0.6 is 0 Å². The molecule has 0 amide bonds. The van der Waals surface area contributed by atoms with Gasteiger partial charge in [-0.2, -0.15) is 9.97 Å². The summed E-state index contributed by atoms with van der Waals surface area (Å²) >= 11 is 0. The molecule has 8 nitrogen and oxygen atoms in total.